The quantitative estimate of drug-likeness (QED) is 0.841. The normalized spacial score (nSPS) is 31.8. The minimum Gasteiger partial charge on any atom is -0.388 e. The molecule has 3 heteroatoms. The van der Waals surface area contributed by atoms with Crippen LogP contribution in [0.1, 0.15) is 43.8 Å². The van der Waals surface area contributed by atoms with Crippen molar-refractivity contribution in [3.05, 3.63) is 33.8 Å². The first kappa shape index (κ1) is 12.8. The molecular weight excluding hydrogens is 267 g/mol. The number of fused-ring (bicyclic) bond motifs is 2. The molecule has 0 aliphatic heterocycles. The summed E-state index contributed by atoms with van der Waals surface area (Å²) in [6.45, 7) is 0. The predicted molar refractivity (Wildman–Crippen MR) is 75.0 cm³/mol. The third kappa shape index (κ3) is 2.41. The minimum atomic E-state index is -0.445. The van der Waals surface area contributed by atoms with E-state index in [1.54, 1.807) is 12.1 Å². The molecule has 18 heavy (non-hydrogen) atoms. The molecule has 3 rings (SSSR count). The molecular formula is C15H18Cl2O. The van der Waals surface area contributed by atoms with Gasteiger partial charge in [-0.3, -0.25) is 0 Å². The Morgan fingerprint density at radius 3 is 2.67 bits per heavy atom. The van der Waals surface area contributed by atoms with Gasteiger partial charge in [0.05, 0.1) is 6.10 Å². The van der Waals surface area contributed by atoms with Gasteiger partial charge in [-0.25, -0.2) is 0 Å². The molecule has 1 aromatic carbocycles. The van der Waals surface area contributed by atoms with Gasteiger partial charge in [-0.05, 0) is 61.1 Å². The Bertz CT molecular complexity index is 446. The highest BCUT2D eigenvalue weighted by molar-refractivity contribution is 6.35. The van der Waals surface area contributed by atoms with Gasteiger partial charge in [0.2, 0.25) is 0 Å². The standard InChI is InChI=1S/C15H18Cl2O/c16-12-3-4-13(14(17)8-12)15(18)7-11-6-9-1-2-10(11)5-9/h3-4,8-11,15,18H,1-2,5-7H2. The number of hydrogen-bond donors (Lipinski definition) is 1. The van der Waals surface area contributed by atoms with Crippen molar-refractivity contribution in [2.75, 3.05) is 0 Å². The number of benzene rings is 1. The van der Waals surface area contributed by atoms with Crippen LogP contribution in [0.2, 0.25) is 10.0 Å². The maximum atomic E-state index is 10.4. The molecule has 4 atom stereocenters. The highest BCUT2D eigenvalue weighted by atomic mass is 35.5. The summed E-state index contributed by atoms with van der Waals surface area (Å²) in [5, 5.41) is 11.6. The number of hydrogen-bond acceptors (Lipinski definition) is 1. The second-order valence-electron chi connectivity index (χ2n) is 5.85. The van der Waals surface area contributed by atoms with E-state index in [0.29, 0.717) is 16.0 Å². The number of halogens is 2. The molecule has 2 aliphatic rings. The van der Waals surface area contributed by atoms with Crippen molar-refractivity contribution in [3.63, 3.8) is 0 Å². The lowest BCUT2D eigenvalue weighted by Gasteiger charge is -2.24. The first-order chi connectivity index (χ1) is 8.63. The van der Waals surface area contributed by atoms with Crippen LogP contribution in [0.3, 0.4) is 0 Å². The maximum absolute atomic E-state index is 10.4. The summed E-state index contributed by atoms with van der Waals surface area (Å²) >= 11 is 12.0. The van der Waals surface area contributed by atoms with Crippen LogP contribution in [0.4, 0.5) is 0 Å². The molecule has 2 fully saturated rings. The molecule has 98 valence electrons. The first-order valence-electron chi connectivity index (χ1n) is 6.76. The van der Waals surface area contributed by atoms with Crippen LogP contribution in [0, 0.1) is 17.8 Å². The Kier molecular flexibility index (Phi) is 3.57. The van der Waals surface area contributed by atoms with Crippen LogP contribution in [-0.4, -0.2) is 5.11 Å². The summed E-state index contributed by atoms with van der Waals surface area (Å²) < 4.78 is 0. The Hall–Kier alpha value is -0.240. The van der Waals surface area contributed by atoms with E-state index in [1.807, 2.05) is 6.07 Å². The molecule has 0 amide bonds. The van der Waals surface area contributed by atoms with Crippen molar-refractivity contribution >= 4 is 23.2 Å². The summed E-state index contributed by atoms with van der Waals surface area (Å²) in [7, 11) is 0. The average molecular weight is 285 g/mol. The average Bonchev–Trinajstić information content (AvgIpc) is 2.90. The molecule has 1 nitrogen and oxygen atoms in total. The molecule has 0 saturated heterocycles. The largest absolute Gasteiger partial charge is 0.388 e. The zero-order valence-corrected chi connectivity index (χ0v) is 11.8. The van der Waals surface area contributed by atoms with Crippen LogP contribution in [0.5, 0.6) is 0 Å². The number of rotatable bonds is 3. The van der Waals surface area contributed by atoms with Crippen LogP contribution in [0.25, 0.3) is 0 Å². The lowest BCUT2D eigenvalue weighted by atomic mass is 9.83. The van der Waals surface area contributed by atoms with Crippen LogP contribution >= 0.6 is 23.2 Å². The fraction of sp³-hybridized carbons (Fsp3) is 0.600. The van der Waals surface area contributed by atoms with Gasteiger partial charge in [-0.15, -0.1) is 0 Å². The highest BCUT2D eigenvalue weighted by Crippen LogP contribution is 2.51. The van der Waals surface area contributed by atoms with Crippen molar-refractivity contribution in [1.82, 2.24) is 0 Å². The van der Waals surface area contributed by atoms with Crippen molar-refractivity contribution in [2.24, 2.45) is 17.8 Å². The highest BCUT2D eigenvalue weighted by Gasteiger charge is 2.40. The van der Waals surface area contributed by atoms with Gasteiger partial charge in [0.25, 0.3) is 0 Å². The zero-order chi connectivity index (χ0) is 12.7. The Morgan fingerprint density at radius 2 is 2.06 bits per heavy atom. The molecule has 2 bridgehead atoms. The molecule has 0 radical (unpaired) electrons. The van der Waals surface area contributed by atoms with Gasteiger partial charge in [-0.2, -0.15) is 0 Å². The van der Waals surface area contributed by atoms with Crippen molar-refractivity contribution in [3.8, 4) is 0 Å². The van der Waals surface area contributed by atoms with E-state index < -0.39 is 6.10 Å². The van der Waals surface area contributed by atoms with E-state index in [2.05, 4.69) is 0 Å². The first-order valence-corrected chi connectivity index (χ1v) is 7.52. The van der Waals surface area contributed by atoms with Crippen molar-refractivity contribution < 1.29 is 5.11 Å². The van der Waals surface area contributed by atoms with E-state index in [0.717, 1.165) is 23.8 Å². The van der Waals surface area contributed by atoms with E-state index in [4.69, 9.17) is 23.2 Å². The topological polar surface area (TPSA) is 20.2 Å². The second kappa shape index (κ2) is 5.03. The molecule has 2 aliphatic carbocycles. The zero-order valence-electron chi connectivity index (χ0n) is 10.3. The molecule has 0 aromatic heterocycles. The monoisotopic (exact) mass is 284 g/mol. The number of aliphatic hydroxyl groups is 1. The van der Waals surface area contributed by atoms with Gasteiger partial charge >= 0.3 is 0 Å². The molecule has 0 spiro atoms. The van der Waals surface area contributed by atoms with Crippen molar-refractivity contribution in [1.29, 1.82) is 0 Å². The van der Waals surface area contributed by atoms with E-state index in [-0.39, 0.29) is 0 Å². The summed E-state index contributed by atoms with van der Waals surface area (Å²) in [5.41, 5.74) is 0.823. The molecule has 4 unspecified atom stereocenters. The molecule has 1 aromatic rings. The molecule has 0 heterocycles. The van der Waals surface area contributed by atoms with Gasteiger partial charge < -0.3 is 5.11 Å². The summed E-state index contributed by atoms with van der Waals surface area (Å²) in [6, 6.07) is 5.36. The van der Waals surface area contributed by atoms with Crippen molar-refractivity contribution in [2.45, 2.75) is 38.2 Å². The predicted octanol–water partition coefficient (Wildman–Crippen LogP) is 4.85. The lowest BCUT2D eigenvalue weighted by Crippen LogP contribution is -2.14. The SMILES string of the molecule is OC(CC1CC2CCC1C2)c1ccc(Cl)cc1Cl. The summed E-state index contributed by atoms with van der Waals surface area (Å²) in [6.07, 6.45) is 5.84. The van der Waals surface area contributed by atoms with E-state index in [9.17, 15) is 5.11 Å². The van der Waals surface area contributed by atoms with Crippen LogP contribution in [0.15, 0.2) is 18.2 Å². The Labute approximate surface area is 118 Å². The Morgan fingerprint density at radius 1 is 1.22 bits per heavy atom. The Balaban J connectivity index is 1.69. The second-order valence-corrected chi connectivity index (χ2v) is 6.70. The van der Waals surface area contributed by atoms with Gasteiger partial charge in [0, 0.05) is 10.0 Å². The maximum Gasteiger partial charge on any atom is 0.0807 e. The molecule has 1 N–H and O–H groups in total. The van der Waals surface area contributed by atoms with E-state index >= 15 is 0 Å². The van der Waals surface area contributed by atoms with Crippen LogP contribution in [-0.2, 0) is 0 Å². The summed E-state index contributed by atoms with van der Waals surface area (Å²) in [4.78, 5) is 0. The van der Waals surface area contributed by atoms with Gasteiger partial charge in [-0.1, -0.05) is 35.7 Å². The fourth-order valence-corrected chi connectivity index (χ4v) is 4.39. The fourth-order valence-electron chi connectivity index (χ4n) is 3.85. The minimum absolute atomic E-state index is 0.445. The molecule has 2 saturated carbocycles. The van der Waals surface area contributed by atoms with E-state index in [1.165, 1.54) is 25.7 Å². The lowest BCUT2D eigenvalue weighted by molar-refractivity contribution is 0.125. The third-order valence-electron chi connectivity index (χ3n) is 4.73. The smallest absolute Gasteiger partial charge is 0.0807 e. The summed E-state index contributed by atoms with van der Waals surface area (Å²) in [5.74, 6) is 2.45. The van der Waals surface area contributed by atoms with Crippen LogP contribution < -0.4 is 0 Å². The van der Waals surface area contributed by atoms with Gasteiger partial charge in [0.1, 0.15) is 0 Å². The number of aliphatic hydroxyl groups excluding tert-OH is 1. The van der Waals surface area contributed by atoms with Gasteiger partial charge in [0.15, 0.2) is 0 Å². The third-order valence-corrected chi connectivity index (χ3v) is 5.29.